The van der Waals surface area contributed by atoms with Gasteiger partial charge in [0.1, 0.15) is 0 Å². The SMILES string of the molecule is CNC1=CCC(c2ccccc2)c2ccccc21. The van der Waals surface area contributed by atoms with Gasteiger partial charge in [0.25, 0.3) is 0 Å². The zero-order valence-electron chi connectivity index (χ0n) is 10.6. The fourth-order valence-corrected chi connectivity index (χ4v) is 2.76. The monoisotopic (exact) mass is 235 g/mol. The largest absolute Gasteiger partial charge is 0.388 e. The van der Waals surface area contributed by atoms with Crippen LogP contribution in [0, 0.1) is 0 Å². The molecule has 1 unspecified atom stereocenters. The number of rotatable bonds is 2. The van der Waals surface area contributed by atoms with Gasteiger partial charge >= 0.3 is 0 Å². The zero-order chi connectivity index (χ0) is 12.4. The Labute approximate surface area is 108 Å². The van der Waals surface area contributed by atoms with Crippen molar-refractivity contribution in [1.82, 2.24) is 5.32 Å². The molecule has 2 aromatic rings. The third kappa shape index (κ3) is 1.82. The van der Waals surface area contributed by atoms with Gasteiger partial charge in [-0.25, -0.2) is 0 Å². The van der Waals surface area contributed by atoms with E-state index >= 15 is 0 Å². The summed E-state index contributed by atoms with van der Waals surface area (Å²) in [5.41, 5.74) is 5.41. The molecule has 0 radical (unpaired) electrons. The maximum absolute atomic E-state index is 3.29. The Morgan fingerprint density at radius 3 is 2.44 bits per heavy atom. The van der Waals surface area contributed by atoms with Crippen molar-refractivity contribution in [3.05, 3.63) is 77.4 Å². The fourth-order valence-electron chi connectivity index (χ4n) is 2.76. The van der Waals surface area contributed by atoms with Crippen molar-refractivity contribution in [2.45, 2.75) is 12.3 Å². The maximum atomic E-state index is 3.29. The predicted molar refractivity (Wildman–Crippen MR) is 76.4 cm³/mol. The summed E-state index contributed by atoms with van der Waals surface area (Å²) in [6, 6.07) is 19.5. The number of fused-ring (bicyclic) bond motifs is 1. The molecule has 0 heterocycles. The van der Waals surface area contributed by atoms with Gasteiger partial charge in [0, 0.05) is 24.2 Å². The molecule has 0 saturated carbocycles. The van der Waals surface area contributed by atoms with Crippen LogP contribution in [0.1, 0.15) is 29.0 Å². The van der Waals surface area contributed by atoms with E-state index in [0.717, 1.165) is 6.42 Å². The van der Waals surface area contributed by atoms with Crippen LogP contribution in [-0.4, -0.2) is 7.05 Å². The Morgan fingerprint density at radius 1 is 0.944 bits per heavy atom. The summed E-state index contributed by atoms with van der Waals surface area (Å²) in [5, 5.41) is 3.29. The second kappa shape index (κ2) is 4.69. The van der Waals surface area contributed by atoms with Gasteiger partial charge in [-0.3, -0.25) is 0 Å². The molecule has 0 amide bonds. The molecule has 90 valence electrons. The third-order valence-electron chi connectivity index (χ3n) is 3.66. The number of allylic oxidation sites excluding steroid dienone is 1. The Balaban J connectivity index is 2.09. The minimum absolute atomic E-state index is 0.486. The van der Waals surface area contributed by atoms with E-state index in [2.05, 4.69) is 66.0 Å². The van der Waals surface area contributed by atoms with Crippen LogP contribution in [0.2, 0.25) is 0 Å². The molecule has 0 aliphatic heterocycles. The summed E-state index contributed by atoms with van der Waals surface area (Å²) in [6.45, 7) is 0. The molecule has 0 fully saturated rings. The summed E-state index contributed by atoms with van der Waals surface area (Å²) in [4.78, 5) is 0. The van der Waals surface area contributed by atoms with Gasteiger partial charge < -0.3 is 5.32 Å². The van der Waals surface area contributed by atoms with E-state index < -0.39 is 0 Å². The van der Waals surface area contributed by atoms with Crippen LogP contribution < -0.4 is 5.32 Å². The van der Waals surface area contributed by atoms with Crippen molar-refractivity contribution in [1.29, 1.82) is 0 Å². The van der Waals surface area contributed by atoms with Gasteiger partial charge in [0.2, 0.25) is 0 Å². The minimum Gasteiger partial charge on any atom is -0.388 e. The fraction of sp³-hybridized carbons (Fsp3) is 0.176. The van der Waals surface area contributed by atoms with Crippen LogP contribution in [0.5, 0.6) is 0 Å². The number of hydrogen-bond donors (Lipinski definition) is 1. The lowest BCUT2D eigenvalue weighted by Crippen LogP contribution is -2.14. The molecule has 3 rings (SSSR count). The van der Waals surface area contributed by atoms with Crippen molar-refractivity contribution in [3.8, 4) is 0 Å². The molecule has 0 saturated heterocycles. The van der Waals surface area contributed by atoms with E-state index in [4.69, 9.17) is 0 Å². The quantitative estimate of drug-likeness (QED) is 0.835. The van der Waals surface area contributed by atoms with Crippen LogP contribution >= 0.6 is 0 Å². The molecule has 1 N–H and O–H groups in total. The van der Waals surface area contributed by atoms with Gasteiger partial charge in [0.15, 0.2) is 0 Å². The van der Waals surface area contributed by atoms with Gasteiger partial charge in [-0.05, 0) is 17.5 Å². The highest BCUT2D eigenvalue weighted by Gasteiger charge is 2.21. The first kappa shape index (κ1) is 11.1. The van der Waals surface area contributed by atoms with Crippen molar-refractivity contribution in [2.24, 2.45) is 0 Å². The molecule has 1 heteroatoms. The Bertz CT molecular complexity index is 569. The molecule has 18 heavy (non-hydrogen) atoms. The Kier molecular flexibility index (Phi) is 2.89. The first-order chi connectivity index (χ1) is 8.90. The smallest absolute Gasteiger partial charge is 0.0374 e. The lowest BCUT2D eigenvalue weighted by molar-refractivity contribution is 0.805. The van der Waals surface area contributed by atoms with E-state index in [0.29, 0.717) is 5.92 Å². The molecule has 0 aromatic heterocycles. The van der Waals surface area contributed by atoms with Crippen molar-refractivity contribution < 1.29 is 0 Å². The number of benzene rings is 2. The topological polar surface area (TPSA) is 12.0 Å². The first-order valence-corrected chi connectivity index (χ1v) is 6.42. The summed E-state index contributed by atoms with van der Waals surface area (Å²) in [7, 11) is 1.99. The molecule has 1 aliphatic rings. The second-order valence-corrected chi connectivity index (χ2v) is 4.65. The van der Waals surface area contributed by atoms with Crippen molar-refractivity contribution in [3.63, 3.8) is 0 Å². The zero-order valence-corrected chi connectivity index (χ0v) is 10.6. The van der Waals surface area contributed by atoms with Crippen LogP contribution in [0.4, 0.5) is 0 Å². The average molecular weight is 235 g/mol. The van der Waals surface area contributed by atoms with E-state index in [9.17, 15) is 0 Å². The summed E-state index contributed by atoms with van der Waals surface area (Å²) in [6.07, 6.45) is 3.37. The van der Waals surface area contributed by atoms with Crippen LogP contribution in [0.25, 0.3) is 5.70 Å². The van der Waals surface area contributed by atoms with Crippen LogP contribution in [0.3, 0.4) is 0 Å². The molecule has 1 atom stereocenters. The highest BCUT2D eigenvalue weighted by Crippen LogP contribution is 2.37. The van der Waals surface area contributed by atoms with E-state index in [1.165, 1.54) is 22.4 Å². The molecular weight excluding hydrogens is 218 g/mol. The molecule has 1 aliphatic carbocycles. The van der Waals surface area contributed by atoms with Gasteiger partial charge in [-0.1, -0.05) is 60.7 Å². The molecule has 0 spiro atoms. The van der Waals surface area contributed by atoms with Gasteiger partial charge in [0.05, 0.1) is 0 Å². The number of nitrogens with one attached hydrogen (secondary N) is 1. The summed E-state index contributed by atoms with van der Waals surface area (Å²) < 4.78 is 0. The van der Waals surface area contributed by atoms with Crippen LogP contribution in [0.15, 0.2) is 60.7 Å². The number of hydrogen-bond acceptors (Lipinski definition) is 1. The third-order valence-corrected chi connectivity index (χ3v) is 3.66. The van der Waals surface area contributed by atoms with E-state index in [1.807, 2.05) is 7.05 Å². The van der Waals surface area contributed by atoms with Crippen molar-refractivity contribution >= 4 is 5.70 Å². The lowest BCUT2D eigenvalue weighted by Gasteiger charge is -2.26. The minimum atomic E-state index is 0.486. The van der Waals surface area contributed by atoms with Crippen molar-refractivity contribution in [2.75, 3.05) is 7.05 Å². The predicted octanol–water partition coefficient (Wildman–Crippen LogP) is 3.78. The maximum Gasteiger partial charge on any atom is 0.0374 e. The highest BCUT2D eigenvalue weighted by molar-refractivity contribution is 5.70. The van der Waals surface area contributed by atoms with Gasteiger partial charge in [-0.2, -0.15) is 0 Å². The molecule has 2 aromatic carbocycles. The normalized spacial score (nSPS) is 17.8. The first-order valence-electron chi connectivity index (χ1n) is 6.42. The molecular formula is C17H17N. The summed E-state index contributed by atoms with van der Waals surface area (Å²) in [5.74, 6) is 0.486. The highest BCUT2D eigenvalue weighted by atomic mass is 14.8. The Morgan fingerprint density at radius 2 is 1.67 bits per heavy atom. The Hall–Kier alpha value is -2.02. The molecule has 1 nitrogen and oxygen atoms in total. The van der Waals surface area contributed by atoms with Gasteiger partial charge in [-0.15, -0.1) is 0 Å². The van der Waals surface area contributed by atoms with E-state index in [1.54, 1.807) is 0 Å². The summed E-state index contributed by atoms with van der Waals surface area (Å²) >= 11 is 0. The second-order valence-electron chi connectivity index (χ2n) is 4.65. The lowest BCUT2D eigenvalue weighted by atomic mass is 9.81. The molecule has 0 bridgehead atoms. The van der Waals surface area contributed by atoms with E-state index in [-0.39, 0.29) is 0 Å². The standard InChI is InChI=1S/C17H17N/c1-18-17-12-11-14(13-7-3-2-4-8-13)15-9-5-6-10-16(15)17/h2-10,12,14,18H,11H2,1H3. The van der Waals surface area contributed by atoms with Crippen LogP contribution in [-0.2, 0) is 0 Å². The average Bonchev–Trinajstić information content (AvgIpc) is 2.47.